The molecule has 0 N–H and O–H groups in total. The molecule has 0 aromatic heterocycles. The van der Waals surface area contributed by atoms with Crippen molar-refractivity contribution < 1.29 is 16.4 Å². The van der Waals surface area contributed by atoms with Crippen molar-refractivity contribution >= 4 is 52.3 Å². The summed E-state index contributed by atoms with van der Waals surface area (Å²) in [5.74, 6) is 0. The van der Waals surface area contributed by atoms with Gasteiger partial charge in [0.05, 0.1) is 0 Å². The van der Waals surface area contributed by atoms with Gasteiger partial charge in [0.1, 0.15) is 0 Å². The van der Waals surface area contributed by atoms with Crippen molar-refractivity contribution in [2.75, 3.05) is 0 Å². The van der Waals surface area contributed by atoms with Crippen LogP contribution < -0.4 is 13.6 Å². The van der Waals surface area contributed by atoms with Crippen LogP contribution in [0.2, 0.25) is 0 Å². The van der Waals surface area contributed by atoms with Gasteiger partial charge < -0.3 is 0 Å². The number of hydrogen-bond acceptors (Lipinski definition) is 0. The molecule has 6 aromatic rings. The Morgan fingerprint density at radius 3 is 1.38 bits per heavy atom. The quantitative estimate of drug-likeness (QED) is 0.140. The monoisotopic (exact) mass is 891 g/mol. The van der Waals surface area contributed by atoms with Gasteiger partial charge in [0.2, 0.25) is 0 Å². The van der Waals surface area contributed by atoms with E-state index in [2.05, 4.69) is 195 Å². The Morgan fingerprint density at radius 2 is 0.897 bits per heavy atom. The number of hydrogen-bond donors (Lipinski definition) is 0. The van der Waals surface area contributed by atoms with Crippen molar-refractivity contribution in [3.05, 3.63) is 172 Å². The molecule has 0 spiro atoms. The number of halogens is 2. The molecule has 2 aliphatic carbocycles. The number of aryl methyl sites for hydroxylation is 2. The first-order chi connectivity index (χ1) is 27.7. The molecule has 1 heterocycles. The van der Waals surface area contributed by atoms with Crippen molar-refractivity contribution in [1.82, 2.24) is 0 Å². The molecule has 6 aromatic carbocycles. The van der Waals surface area contributed by atoms with Crippen LogP contribution in [0.5, 0.6) is 0 Å². The standard InChI is InChI=1S/2C21H23.C12H9Si.2ClH.Zr/c2*1-5-15-9-6-7-11-18(15)19-12-8-10-16-13-17(14-20(16)19)21(2,3)4;1-3-7-11-9(5-1)10-6-2-4-8-12(10)13-11;;;/h2*6-14H,5H2,1-4H3;1-7H,13H2;2*1H;/q;;;;;+2/p-2. The van der Waals surface area contributed by atoms with E-state index < -0.39 is 25.9 Å². The molecule has 2 atom stereocenters. The second-order valence-corrected chi connectivity index (χ2v) is 41.5. The molecule has 293 valence electrons. The molecule has 1 aliphatic heterocycles. The van der Waals surface area contributed by atoms with E-state index in [9.17, 15) is 17.0 Å². The maximum absolute atomic E-state index is 9.45. The zero-order valence-electron chi connectivity index (χ0n) is 35.3. The van der Waals surface area contributed by atoms with Crippen molar-refractivity contribution in [1.29, 1.82) is 0 Å². The molecule has 0 bridgehead atoms. The van der Waals surface area contributed by atoms with Crippen LogP contribution in [0.15, 0.2) is 139 Å². The van der Waals surface area contributed by atoms with Crippen LogP contribution in [0.3, 0.4) is 0 Å². The average Bonchev–Trinajstić information content (AvgIpc) is 3.94. The fourth-order valence-corrected chi connectivity index (χ4v) is 39.3. The zero-order chi connectivity index (χ0) is 40.8. The Balaban J connectivity index is 1.41. The zero-order valence-corrected chi connectivity index (χ0v) is 40.7. The summed E-state index contributed by atoms with van der Waals surface area (Å²) in [6, 6.07) is 47.9. The molecule has 4 heteroatoms. The molecular formula is C54H55Cl2SiZr. The fourth-order valence-electron chi connectivity index (χ4n) is 11.0. The molecular weight excluding hydrogens is 839 g/mol. The van der Waals surface area contributed by atoms with E-state index in [4.69, 9.17) is 0 Å². The van der Waals surface area contributed by atoms with E-state index >= 15 is 0 Å². The van der Waals surface area contributed by atoms with Gasteiger partial charge in [0, 0.05) is 0 Å². The van der Waals surface area contributed by atoms with Crippen LogP contribution in [-0.4, -0.2) is 9.52 Å². The van der Waals surface area contributed by atoms with E-state index in [0.717, 1.165) is 12.8 Å². The van der Waals surface area contributed by atoms with Crippen LogP contribution in [0.1, 0.15) is 96.0 Å². The van der Waals surface area contributed by atoms with Crippen LogP contribution in [0.4, 0.5) is 0 Å². The summed E-state index contributed by atoms with van der Waals surface area (Å²) in [6.07, 6.45) is 7.00. The average molecular weight is 894 g/mol. The van der Waals surface area contributed by atoms with Gasteiger partial charge in [-0.15, -0.1) is 0 Å². The van der Waals surface area contributed by atoms with Crippen LogP contribution in [0, 0.1) is 10.8 Å². The Morgan fingerprint density at radius 1 is 0.483 bits per heavy atom. The molecule has 2 unspecified atom stereocenters. The molecule has 0 nitrogen and oxygen atoms in total. The predicted octanol–water partition coefficient (Wildman–Crippen LogP) is 13.2. The summed E-state index contributed by atoms with van der Waals surface area (Å²) in [6.45, 7) is 18.8. The van der Waals surface area contributed by atoms with E-state index in [0.29, 0.717) is 0 Å². The molecule has 58 heavy (non-hydrogen) atoms. The van der Waals surface area contributed by atoms with Gasteiger partial charge in [0.25, 0.3) is 0 Å². The minimum atomic E-state index is -5.75. The number of fused-ring (bicyclic) bond motifs is 5. The van der Waals surface area contributed by atoms with Crippen LogP contribution >= 0.6 is 17.0 Å². The first-order valence-corrected chi connectivity index (χ1v) is 33.1. The summed E-state index contributed by atoms with van der Waals surface area (Å²) < 4.78 is 0.988. The van der Waals surface area contributed by atoms with Crippen molar-refractivity contribution in [2.24, 2.45) is 10.8 Å². The van der Waals surface area contributed by atoms with Gasteiger partial charge in [-0.2, -0.15) is 0 Å². The number of rotatable bonds is 7. The number of benzene rings is 6. The summed E-state index contributed by atoms with van der Waals surface area (Å²) in [5.41, 5.74) is 18.1. The van der Waals surface area contributed by atoms with Crippen molar-refractivity contribution in [3.8, 4) is 33.4 Å². The van der Waals surface area contributed by atoms with Gasteiger partial charge in [-0.1, -0.05) is 0 Å². The third-order valence-electron chi connectivity index (χ3n) is 13.7. The summed E-state index contributed by atoms with van der Waals surface area (Å²) >= 11 is -5.75. The molecule has 0 saturated carbocycles. The first-order valence-electron chi connectivity index (χ1n) is 21.3. The SMILES string of the molecule is CCc1ccccc1-c1cccc2c1C=C(C(C)(C)C)[CH]2[Zr]([Cl])([Cl])([c]1cccc2c1[SiH2]c1ccccc1-2)[CH]1C(C(C)(C)C)=Cc2c(-c3ccccc3CC)cccc21. The van der Waals surface area contributed by atoms with Gasteiger partial charge in [-0.25, -0.2) is 0 Å². The van der Waals surface area contributed by atoms with Gasteiger partial charge in [-0.05, 0) is 0 Å². The summed E-state index contributed by atoms with van der Waals surface area (Å²) in [5, 5.41) is 2.95. The Labute approximate surface area is 357 Å². The normalized spacial score (nSPS) is 18.2. The predicted molar refractivity (Wildman–Crippen MR) is 254 cm³/mol. The molecule has 0 saturated heterocycles. The van der Waals surface area contributed by atoms with Crippen LogP contribution in [0.25, 0.3) is 45.5 Å². The molecule has 0 radical (unpaired) electrons. The molecule has 3 aliphatic rings. The van der Waals surface area contributed by atoms with Crippen molar-refractivity contribution in [2.45, 2.75) is 75.5 Å². The van der Waals surface area contributed by atoms with Gasteiger partial charge in [0.15, 0.2) is 0 Å². The van der Waals surface area contributed by atoms with E-state index in [1.807, 2.05) is 0 Å². The topological polar surface area (TPSA) is 0 Å². The Bertz CT molecular complexity index is 2570. The van der Waals surface area contributed by atoms with E-state index in [-0.39, 0.29) is 18.1 Å². The molecule has 9 rings (SSSR count). The second kappa shape index (κ2) is 14.3. The summed E-state index contributed by atoms with van der Waals surface area (Å²) in [4.78, 5) is 0. The van der Waals surface area contributed by atoms with E-state index in [1.165, 1.54) is 91.6 Å². The van der Waals surface area contributed by atoms with Gasteiger partial charge in [-0.3, -0.25) is 0 Å². The second-order valence-electron chi connectivity index (χ2n) is 19.0. The Kier molecular flexibility index (Phi) is 9.84. The third-order valence-corrected chi connectivity index (χ3v) is 36.2. The summed E-state index contributed by atoms with van der Waals surface area (Å²) in [7, 11) is 18.0. The van der Waals surface area contributed by atoms with Crippen LogP contribution in [-0.2, 0) is 29.2 Å². The molecule has 0 amide bonds. The fraction of sp³-hybridized carbons (Fsp3) is 0.259. The minimum absolute atomic E-state index is 0.147. The third kappa shape index (κ3) is 6.06. The number of allylic oxidation sites excluding steroid dienone is 2. The maximum atomic E-state index is 9.45. The van der Waals surface area contributed by atoms with Gasteiger partial charge >= 0.3 is 360 Å². The van der Waals surface area contributed by atoms with Crippen molar-refractivity contribution in [3.63, 3.8) is 0 Å². The first kappa shape index (κ1) is 39.9. The van der Waals surface area contributed by atoms with E-state index in [1.54, 1.807) is 0 Å². The molecule has 0 fully saturated rings. The Hall–Kier alpha value is -3.52.